The Labute approximate surface area is 196 Å². The molecule has 7 heteroatoms. The van der Waals surface area contributed by atoms with Crippen molar-refractivity contribution in [2.24, 2.45) is 0 Å². The van der Waals surface area contributed by atoms with Crippen LogP contribution in [0.2, 0.25) is 0 Å². The Morgan fingerprint density at radius 2 is 1.48 bits per heavy atom. The zero-order chi connectivity index (χ0) is 24.4. The van der Waals surface area contributed by atoms with Crippen molar-refractivity contribution in [2.75, 3.05) is 30.3 Å². The van der Waals surface area contributed by atoms with Crippen LogP contribution < -0.4 is 16.0 Å². The molecule has 0 atom stereocenters. The van der Waals surface area contributed by atoms with Crippen LogP contribution in [0.3, 0.4) is 0 Å². The Hall–Kier alpha value is -3.35. The number of amides is 3. The molecule has 3 N–H and O–H groups in total. The van der Waals surface area contributed by atoms with E-state index in [9.17, 15) is 14.4 Å². The molecule has 0 aromatic heterocycles. The van der Waals surface area contributed by atoms with Crippen LogP contribution in [-0.2, 0) is 4.79 Å². The fraction of sp³-hybridized carbons (Fsp3) is 0.423. The van der Waals surface area contributed by atoms with Gasteiger partial charge in [-0.05, 0) is 76.1 Å². The third-order valence-corrected chi connectivity index (χ3v) is 4.76. The van der Waals surface area contributed by atoms with Crippen LogP contribution in [0.15, 0.2) is 48.5 Å². The van der Waals surface area contributed by atoms with Gasteiger partial charge in [-0.2, -0.15) is 0 Å². The quantitative estimate of drug-likeness (QED) is 0.494. The number of benzene rings is 2. The number of nitrogens with one attached hydrogen (secondary N) is 3. The summed E-state index contributed by atoms with van der Waals surface area (Å²) >= 11 is 0. The minimum Gasteiger partial charge on any atom is -0.376 e. The molecule has 0 saturated heterocycles. The first kappa shape index (κ1) is 25.9. The molecule has 0 aliphatic rings. The molecule has 0 bridgehead atoms. The molecule has 33 heavy (non-hydrogen) atoms. The van der Waals surface area contributed by atoms with Gasteiger partial charge >= 0.3 is 0 Å². The SMILES string of the molecule is CCCN(CCC)C(=O)c1cccc(NCC(=O)Nc2ccc(C(=O)NC(C)(C)C)cc2)c1. The molecule has 2 aromatic carbocycles. The van der Waals surface area contributed by atoms with E-state index in [0.29, 0.717) is 22.5 Å². The van der Waals surface area contributed by atoms with Gasteiger partial charge in [0.15, 0.2) is 0 Å². The monoisotopic (exact) mass is 452 g/mol. The standard InChI is InChI=1S/C26H36N4O3/c1-6-15-30(16-7-2)25(33)20-9-8-10-22(17-20)27-18-23(31)28-21-13-11-19(12-14-21)24(32)29-26(3,4)5/h8-14,17,27H,6-7,15-16,18H2,1-5H3,(H,28,31)(H,29,32). The third-order valence-electron chi connectivity index (χ3n) is 4.76. The van der Waals surface area contributed by atoms with E-state index in [1.807, 2.05) is 37.8 Å². The van der Waals surface area contributed by atoms with Crippen LogP contribution in [0.5, 0.6) is 0 Å². The Balaban J connectivity index is 1.92. The number of carbonyl (C=O) groups excluding carboxylic acids is 3. The normalized spacial score (nSPS) is 10.9. The lowest BCUT2D eigenvalue weighted by Gasteiger charge is -2.21. The summed E-state index contributed by atoms with van der Waals surface area (Å²) in [6.45, 7) is 11.4. The van der Waals surface area contributed by atoms with Gasteiger partial charge in [0.05, 0.1) is 6.54 Å². The van der Waals surface area contributed by atoms with Gasteiger partial charge in [0.2, 0.25) is 5.91 Å². The lowest BCUT2D eigenvalue weighted by molar-refractivity contribution is -0.114. The van der Waals surface area contributed by atoms with Gasteiger partial charge in [-0.1, -0.05) is 19.9 Å². The van der Waals surface area contributed by atoms with E-state index in [2.05, 4.69) is 29.8 Å². The second-order valence-corrected chi connectivity index (χ2v) is 9.06. The Morgan fingerprint density at radius 1 is 0.848 bits per heavy atom. The predicted octanol–water partition coefficient (Wildman–Crippen LogP) is 4.53. The van der Waals surface area contributed by atoms with Gasteiger partial charge in [-0.25, -0.2) is 0 Å². The second kappa shape index (κ2) is 12.0. The van der Waals surface area contributed by atoms with Crippen LogP contribution >= 0.6 is 0 Å². The average molecular weight is 453 g/mol. The predicted molar refractivity (Wildman–Crippen MR) is 134 cm³/mol. The molecular formula is C26H36N4O3. The highest BCUT2D eigenvalue weighted by molar-refractivity contribution is 5.97. The van der Waals surface area contributed by atoms with Crippen LogP contribution in [0.4, 0.5) is 11.4 Å². The summed E-state index contributed by atoms with van der Waals surface area (Å²) in [5.74, 6) is -0.382. The molecule has 2 aromatic rings. The summed E-state index contributed by atoms with van der Waals surface area (Å²) in [6.07, 6.45) is 1.82. The number of anilines is 2. The molecule has 2 rings (SSSR count). The minimum absolute atomic E-state index is 0.00221. The van der Waals surface area contributed by atoms with Crippen molar-refractivity contribution in [1.82, 2.24) is 10.2 Å². The Bertz CT molecular complexity index is 943. The van der Waals surface area contributed by atoms with Crippen LogP contribution in [-0.4, -0.2) is 47.8 Å². The van der Waals surface area contributed by atoms with Gasteiger partial charge in [-0.15, -0.1) is 0 Å². The highest BCUT2D eigenvalue weighted by atomic mass is 16.2. The Morgan fingerprint density at radius 3 is 2.06 bits per heavy atom. The van der Waals surface area contributed by atoms with Crippen molar-refractivity contribution >= 4 is 29.1 Å². The van der Waals surface area contributed by atoms with Crippen LogP contribution in [0.1, 0.15) is 68.2 Å². The molecule has 3 amide bonds. The fourth-order valence-corrected chi connectivity index (χ4v) is 3.30. The van der Waals surface area contributed by atoms with E-state index < -0.39 is 0 Å². The lowest BCUT2D eigenvalue weighted by atomic mass is 10.1. The maximum atomic E-state index is 12.8. The van der Waals surface area contributed by atoms with E-state index in [-0.39, 0.29) is 29.8 Å². The van der Waals surface area contributed by atoms with Gasteiger partial charge in [-0.3, -0.25) is 14.4 Å². The number of hydrogen-bond acceptors (Lipinski definition) is 4. The van der Waals surface area contributed by atoms with Crippen molar-refractivity contribution in [1.29, 1.82) is 0 Å². The molecule has 0 fully saturated rings. The van der Waals surface area contributed by atoms with Crippen LogP contribution in [0, 0.1) is 0 Å². The van der Waals surface area contributed by atoms with Crippen molar-refractivity contribution in [3.05, 3.63) is 59.7 Å². The second-order valence-electron chi connectivity index (χ2n) is 9.06. The third kappa shape index (κ3) is 8.60. The van der Waals surface area contributed by atoms with Gasteiger partial charge in [0.25, 0.3) is 11.8 Å². The first-order chi connectivity index (χ1) is 15.6. The summed E-state index contributed by atoms with van der Waals surface area (Å²) in [5.41, 5.74) is 2.13. The minimum atomic E-state index is -0.318. The summed E-state index contributed by atoms with van der Waals surface area (Å²) in [6, 6.07) is 14.0. The number of rotatable bonds is 10. The van der Waals surface area contributed by atoms with Gasteiger partial charge in [0, 0.05) is 41.1 Å². The largest absolute Gasteiger partial charge is 0.376 e. The van der Waals surface area contributed by atoms with Crippen molar-refractivity contribution in [2.45, 2.75) is 53.0 Å². The van der Waals surface area contributed by atoms with Crippen LogP contribution in [0.25, 0.3) is 0 Å². The van der Waals surface area contributed by atoms with Crippen molar-refractivity contribution < 1.29 is 14.4 Å². The highest BCUT2D eigenvalue weighted by Gasteiger charge is 2.16. The first-order valence-electron chi connectivity index (χ1n) is 11.5. The fourth-order valence-electron chi connectivity index (χ4n) is 3.30. The average Bonchev–Trinajstić information content (AvgIpc) is 2.76. The lowest BCUT2D eigenvalue weighted by Crippen LogP contribution is -2.40. The van der Waals surface area contributed by atoms with E-state index in [4.69, 9.17) is 0 Å². The summed E-state index contributed by atoms with van der Waals surface area (Å²) in [4.78, 5) is 39.2. The molecule has 0 radical (unpaired) electrons. The van der Waals surface area contributed by atoms with Crippen molar-refractivity contribution in [3.8, 4) is 0 Å². The zero-order valence-electron chi connectivity index (χ0n) is 20.3. The molecule has 0 aliphatic carbocycles. The van der Waals surface area contributed by atoms with E-state index in [0.717, 1.165) is 25.9 Å². The summed E-state index contributed by atoms with van der Waals surface area (Å²) in [5, 5.41) is 8.78. The van der Waals surface area contributed by atoms with Crippen molar-refractivity contribution in [3.63, 3.8) is 0 Å². The molecule has 0 unspecified atom stereocenters. The van der Waals surface area contributed by atoms with Gasteiger partial charge < -0.3 is 20.9 Å². The molecule has 0 spiro atoms. The zero-order valence-corrected chi connectivity index (χ0v) is 20.3. The molecule has 178 valence electrons. The van der Waals surface area contributed by atoms with Gasteiger partial charge in [0.1, 0.15) is 0 Å². The van der Waals surface area contributed by atoms with E-state index in [1.165, 1.54) is 0 Å². The molecule has 0 heterocycles. The maximum absolute atomic E-state index is 12.8. The molecular weight excluding hydrogens is 416 g/mol. The molecule has 0 aliphatic heterocycles. The first-order valence-corrected chi connectivity index (χ1v) is 11.5. The molecule has 0 saturated carbocycles. The number of nitrogens with zero attached hydrogens (tertiary/aromatic N) is 1. The summed E-state index contributed by atoms with van der Waals surface area (Å²) < 4.78 is 0. The maximum Gasteiger partial charge on any atom is 0.253 e. The van der Waals surface area contributed by atoms with E-state index in [1.54, 1.807) is 36.4 Å². The Kier molecular flexibility index (Phi) is 9.45. The molecule has 7 nitrogen and oxygen atoms in total. The number of hydrogen-bond donors (Lipinski definition) is 3. The topological polar surface area (TPSA) is 90.5 Å². The summed E-state index contributed by atoms with van der Waals surface area (Å²) in [7, 11) is 0. The number of carbonyl (C=O) groups is 3. The van der Waals surface area contributed by atoms with E-state index >= 15 is 0 Å². The highest BCUT2D eigenvalue weighted by Crippen LogP contribution is 2.14. The smallest absolute Gasteiger partial charge is 0.253 e.